The van der Waals surface area contributed by atoms with E-state index >= 15 is 0 Å². The van der Waals surface area contributed by atoms with Crippen LogP contribution in [-0.4, -0.2) is 63.6 Å². The van der Waals surface area contributed by atoms with Crippen LogP contribution in [0, 0.1) is 0 Å². The van der Waals surface area contributed by atoms with Gasteiger partial charge in [0.15, 0.2) is 0 Å². The number of hydrogen-bond donors (Lipinski definition) is 1. The number of nitrogens with zero attached hydrogens (tertiary/aromatic N) is 2. The second-order valence-corrected chi connectivity index (χ2v) is 5.34. The van der Waals surface area contributed by atoms with Gasteiger partial charge in [-0.25, -0.2) is 4.79 Å². The van der Waals surface area contributed by atoms with E-state index in [-0.39, 0.29) is 0 Å². The molecule has 0 bridgehead atoms. The van der Waals surface area contributed by atoms with E-state index in [1.54, 1.807) is 6.92 Å². The van der Waals surface area contributed by atoms with E-state index in [1.807, 2.05) is 31.2 Å². The molecule has 134 valence electrons. The maximum absolute atomic E-state index is 12.0. The number of carbonyl (C=O) groups is 1. The van der Waals surface area contributed by atoms with Gasteiger partial charge in [0, 0.05) is 31.9 Å². The average Bonchev–Trinajstić information content (AvgIpc) is 2.61. The number of hydrogen-bond acceptors (Lipinski definition) is 6. The lowest BCUT2D eigenvalue weighted by Crippen LogP contribution is -2.39. The highest BCUT2D eigenvalue weighted by Gasteiger charge is 2.18. The number of nitrogens with one attached hydrogen (secondary N) is 1. The Morgan fingerprint density at radius 3 is 2.79 bits per heavy atom. The highest BCUT2D eigenvalue weighted by Crippen LogP contribution is 2.20. The van der Waals surface area contributed by atoms with Crippen molar-refractivity contribution in [2.45, 2.75) is 13.8 Å². The number of ether oxygens (including phenoxy) is 2. The summed E-state index contributed by atoms with van der Waals surface area (Å²) in [5.41, 5.74) is 1.58. The molecule has 1 aromatic carbocycles. The number of amides is 1. The Morgan fingerprint density at radius 1 is 1.29 bits per heavy atom. The van der Waals surface area contributed by atoms with Gasteiger partial charge in [0.1, 0.15) is 0 Å². The van der Waals surface area contributed by atoms with Crippen LogP contribution < -0.4 is 10.4 Å². The minimum atomic E-state index is -0.509. The molecule has 1 heterocycles. The quantitative estimate of drug-likeness (QED) is 0.735. The topological polar surface area (TPSA) is 63.3 Å². The van der Waals surface area contributed by atoms with Gasteiger partial charge in [-0.05, 0) is 32.0 Å². The molecule has 0 spiro atoms. The first kappa shape index (κ1) is 18.5. The number of benzene rings is 1. The molecular formula is C17H27N3O4. The Kier molecular flexibility index (Phi) is 7.81. The van der Waals surface area contributed by atoms with Crippen LogP contribution in [0.3, 0.4) is 0 Å². The standard InChI is InChI=1S/C17H27N3O4/c1-3-23-17(21)20(24-4-2)16-7-5-6-15(14-16)18-8-9-19-10-12-22-13-11-19/h5-7,14,18H,3-4,8-13H2,1-2H3. The normalized spacial score (nSPS) is 15.1. The van der Waals surface area contributed by atoms with Crippen molar-refractivity contribution in [3.05, 3.63) is 24.3 Å². The summed E-state index contributed by atoms with van der Waals surface area (Å²) in [6.07, 6.45) is -0.509. The molecule has 1 saturated heterocycles. The molecule has 0 aliphatic carbocycles. The summed E-state index contributed by atoms with van der Waals surface area (Å²) in [4.78, 5) is 19.8. The molecule has 2 rings (SSSR count). The van der Waals surface area contributed by atoms with Gasteiger partial charge in [-0.1, -0.05) is 6.07 Å². The molecule has 1 N–H and O–H groups in total. The smallest absolute Gasteiger partial charge is 0.438 e. The maximum atomic E-state index is 12.0. The molecular weight excluding hydrogens is 310 g/mol. The van der Waals surface area contributed by atoms with E-state index in [4.69, 9.17) is 14.3 Å². The van der Waals surface area contributed by atoms with Crippen LogP contribution in [0.1, 0.15) is 13.8 Å². The molecule has 1 amide bonds. The third-order valence-electron chi connectivity index (χ3n) is 3.63. The third kappa shape index (κ3) is 5.67. The lowest BCUT2D eigenvalue weighted by Gasteiger charge is -2.26. The van der Waals surface area contributed by atoms with Crippen LogP contribution in [-0.2, 0) is 14.3 Å². The van der Waals surface area contributed by atoms with Crippen molar-refractivity contribution in [1.82, 2.24) is 4.90 Å². The monoisotopic (exact) mass is 337 g/mol. The Morgan fingerprint density at radius 2 is 2.08 bits per heavy atom. The zero-order chi connectivity index (χ0) is 17.2. The minimum absolute atomic E-state index is 0.305. The van der Waals surface area contributed by atoms with E-state index in [0.29, 0.717) is 18.9 Å². The van der Waals surface area contributed by atoms with Crippen LogP contribution in [0.5, 0.6) is 0 Å². The fraction of sp³-hybridized carbons (Fsp3) is 0.588. The van der Waals surface area contributed by atoms with E-state index in [1.165, 1.54) is 5.06 Å². The predicted octanol–water partition coefficient (Wildman–Crippen LogP) is 2.35. The first-order chi connectivity index (χ1) is 11.7. The summed E-state index contributed by atoms with van der Waals surface area (Å²) in [6, 6.07) is 7.56. The largest absolute Gasteiger partial charge is 0.448 e. The Balaban J connectivity index is 1.92. The molecule has 1 aliphatic rings. The Bertz CT molecular complexity index is 506. The van der Waals surface area contributed by atoms with Gasteiger partial charge in [0.2, 0.25) is 0 Å². The van der Waals surface area contributed by atoms with Crippen molar-refractivity contribution in [3.63, 3.8) is 0 Å². The highest BCUT2D eigenvalue weighted by atomic mass is 16.7. The summed E-state index contributed by atoms with van der Waals surface area (Å²) >= 11 is 0. The number of carbonyl (C=O) groups excluding carboxylic acids is 1. The van der Waals surface area contributed by atoms with Crippen LogP contribution in [0.15, 0.2) is 24.3 Å². The molecule has 0 saturated carbocycles. The molecule has 1 aromatic rings. The van der Waals surface area contributed by atoms with Gasteiger partial charge in [-0.3, -0.25) is 9.74 Å². The van der Waals surface area contributed by atoms with E-state index in [2.05, 4.69) is 10.2 Å². The van der Waals surface area contributed by atoms with Gasteiger partial charge in [-0.15, -0.1) is 0 Å². The minimum Gasteiger partial charge on any atom is -0.448 e. The second-order valence-electron chi connectivity index (χ2n) is 5.34. The van der Waals surface area contributed by atoms with E-state index in [9.17, 15) is 4.79 Å². The number of anilines is 2. The predicted molar refractivity (Wildman–Crippen MR) is 93.3 cm³/mol. The Hall–Kier alpha value is -1.83. The fourth-order valence-electron chi connectivity index (χ4n) is 2.47. The first-order valence-electron chi connectivity index (χ1n) is 8.48. The van der Waals surface area contributed by atoms with Gasteiger partial charge in [0.05, 0.1) is 32.1 Å². The molecule has 0 unspecified atom stereocenters. The van der Waals surface area contributed by atoms with Crippen LogP contribution in [0.4, 0.5) is 16.2 Å². The van der Waals surface area contributed by atoms with Crippen molar-refractivity contribution in [2.24, 2.45) is 0 Å². The van der Waals surface area contributed by atoms with Gasteiger partial charge >= 0.3 is 6.09 Å². The van der Waals surface area contributed by atoms with Gasteiger partial charge < -0.3 is 14.8 Å². The number of morpholine rings is 1. The zero-order valence-corrected chi connectivity index (χ0v) is 14.5. The molecule has 0 aromatic heterocycles. The summed E-state index contributed by atoms with van der Waals surface area (Å²) < 4.78 is 10.4. The lowest BCUT2D eigenvalue weighted by molar-refractivity contribution is 0.0398. The van der Waals surface area contributed by atoms with Crippen molar-refractivity contribution < 1.29 is 19.1 Å². The third-order valence-corrected chi connectivity index (χ3v) is 3.63. The first-order valence-corrected chi connectivity index (χ1v) is 8.48. The van der Waals surface area contributed by atoms with Gasteiger partial charge in [0.25, 0.3) is 0 Å². The number of hydroxylamine groups is 1. The molecule has 0 radical (unpaired) electrons. The molecule has 24 heavy (non-hydrogen) atoms. The fourth-order valence-corrected chi connectivity index (χ4v) is 2.47. The summed E-state index contributed by atoms with van der Waals surface area (Å²) in [5, 5.41) is 4.57. The van der Waals surface area contributed by atoms with Crippen molar-refractivity contribution >= 4 is 17.5 Å². The SMILES string of the molecule is CCOC(=O)N(OCC)c1cccc(NCCN2CCOCC2)c1. The Labute approximate surface area is 143 Å². The summed E-state index contributed by atoms with van der Waals surface area (Å²) in [6.45, 7) is 9.63. The molecule has 1 fully saturated rings. The lowest BCUT2D eigenvalue weighted by atomic mass is 10.2. The molecule has 1 aliphatic heterocycles. The summed E-state index contributed by atoms with van der Waals surface area (Å²) in [7, 11) is 0. The van der Waals surface area contributed by atoms with E-state index in [0.717, 1.165) is 45.1 Å². The van der Waals surface area contributed by atoms with Gasteiger partial charge in [-0.2, -0.15) is 5.06 Å². The molecule has 0 atom stereocenters. The van der Waals surface area contributed by atoms with Crippen molar-refractivity contribution in [1.29, 1.82) is 0 Å². The van der Waals surface area contributed by atoms with Crippen molar-refractivity contribution in [2.75, 3.05) is 63.0 Å². The van der Waals surface area contributed by atoms with Crippen LogP contribution in [0.2, 0.25) is 0 Å². The molecule has 7 nitrogen and oxygen atoms in total. The van der Waals surface area contributed by atoms with Crippen LogP contribution in [0.25, 0.3) is 0 Å². The number of rotatable bonds is 8. The average molecular weight is 337 g/mol. The van der Waals surface area contributed by atoms with Crippen molar-refractivity contribution in [3.8, 4) is 0 Å². The molecule has 7 heteroatoms. The maximum Gasteiger partial charge on any atom is 0.438 e. The summed E-state index contributed by atoms with van der Waals surface area (Å²) in [5.74, 6) is 0. The second kappa shape index (κ2) is 10.1. The zero-order valence-electron chi connectivity index (χ0n) is 14.5. The highest BCUT2D eigenvalue weighted by molar-refractivity contribution is 5.86. The van der Waals surface area contributed by atoms with E-state index < -0.39 is 6.09 Å². The van der Waals surface area contributed by atoms with Crippen LogP contribution >= 0.6 is 0 Å².